The SMILES string of the molecule is COc1cc(O)c(C(=O)/C=C/c2ccccc2O)c(O)c1. The maximum atomic E-state index is 12.0. The second-order valence-electron chi connectivity index (χ2n) is 4.30. The molecule has 0 aromatic heterocycles. The van der Waals surface area contributed by atoms with Gasteiger partial charge in [0.15, 0.2) is 5.78 Å². The lowest BCUT2D eigenvalue weighted by Crippen LogP contribution is -1.97. The molecule has 0 saturated carbocycles. The summed E-state index contributed by atoms with van der Waals surface area (Å²) in [7, 11) is 1.38. The van der Waals surface area contributed by atoms with Gasteiger partial charge in [0.1, 0.15) is 28.6 Å². The molecule has 0 saturated heterocycles. The Bertz CT molecular complexity index is 681. The van der Waals surface area contributed by atoms with Gasteiger partial charge < -0.3 is 20.1 Å². The van der Waals surface area contributed by atoms with Crippen molar-refractivity contribution in [2.45, 2.75) is 0 Å². The first kappa shape index (κ1) is 14.5. The van der Waals surface area contributed by atoms with Gasteiger partial charge in [0, 0.05) is 17.7 Å². The largest absolute Gasteiger partial charge is 0.507 e. The van der Waals surface area contributed by atoms with E-state index in [4.69, 9.17) is 4.74 Å². The van der Waals surface area contributed by atoms with Crippen molar-refractivity contribution >= 4 is 11.9 Å². The molecule has 5 heteroatoms. The van der Waals surface area contributed by atoms with E-state index in [-0.39, 0.29) is 28.6 Å². The predicted molar refractivity (Wildman–Crippen MR) is 77.8 cm³/mol. The predicted octanol–water partition coefficient (Wildman–Crippen LogP) is 2.71. The molecule has 0 aliphatic rings. The number of hydrogen-bond acceptors (Lipinski definition) is 5. The first-order valence-electron chi connectivity index (χ1n) is 6.13. The Kier molecular flexibility index (Phi) is 4.13. The summed E-state index contributed by atoms with van der Waals surface area (Å²) in [5.41, 5.74) is 0.237. The number of hydrogen-bond donors (Lipinski definition) is 3. The lowest BCUT2D eigenvalue weighted by molar-refractivity contribution is 0.104. The van der Waals surface area contributed by atoms with Gasteiger partial charge >= 0.3 is 0 Å². The maximum Gasteiger partial charge on any atom is 0.193 e. The summed E-state index contributed by atoms with van der Waals surface area (Å²) in [4.78, 5) is 12.0. The molecular formula is C16H14O5. The van der Waals surface area contributed by atoms with Crippen LogP contribution in [0.1, 0.15) is 15.9 Å². The Morgan fingerprint density at radius 2 is 1.67 bits per heavy atom. The van der Waals surface area contributed by atoms with Crippen LogP contribution in [0.4, 0.5) is 0 Å². The number of phenols is 3. The third-order valence-electron chi connectivity index (χ3n) is 2.90. The highest BCUT2D eigenvalue weighted by atomic mass is 16.5. The standard InChI is InChI=1S/C16H14O5/c1-21-11-8-14(19)16(15(20)9-11)13(18)7-6-10-4-2-3-5-12(10)17/h2-9,17,19-20H,1H3/b7-6+. The number of carbonyl (C=O) groups excluding carboxylic acids is 1. The van der Waals surface area contributed by atoms with Crippen LogP contribution in [0, 0.1) is 0 Å². The fraction of sp³-hybridized carbons (Fsp3) is 0.0625. The highest BCUT2D eigenvalue weighted by Crippen LogP contribution is 2.33. The molecule has 0 fully saturated rings. The lowest BCUT2D eigenvalue weighted by Gasteiger charge is -2.07. The molecule has 108 valence electrons. The molecule has 2 aromatic carbocycles. The Labute approximate surface area is 121 Å². The van der Waals surface area contributed by atoms with Crippen molar-refractivity contribution in [3.05, 3.63) is 53.6 Å². The van der Waals surface area contributed by atoms with Crippen molar-refractivity contribution in [1.29, 1.82) is 0 Å². The molecule has 3 N–H and O–H groups in total. The summed E-state index contributed by atoms with van der Waals surface area (Å²) in [6.45, 7) is 0. The number of para-hydroxylation sites is 1. The third kappa shape index (κ3) is 3.14. The molecule has 5 nitrogen and oxygen atoms in total. The highest BCUT2D eigenvalue weighted by molar-refractivity contribution is 6.10. The normalized spacial score (nSPS) is 10.7. The van der Waals surface area contributed by atoms with Crippen LogP contribution >= 0.6 is 0 Å². The summed E-state index contributed by atoms with van der Waals surface area (Å²) in [6.07, 6.45) is 2.57. The van der Waals surface area contributed by atoms with Crippen LogP contribution in [0.2, 0.25) is 0 Å². The zero-order valence-corrected chi connectivity index (χ0v) is 11.3. The maximum absolute atomic E-state index is 12.0. The van der Waals surface area contributed by atoms with Crippen LogP contribution < -0.4 is 4.74 Å². The summed E-state index contributed by atoms with van der Waals surface area (Å²) in [5.74, 6) is -1.07. The molecule has 0 atom stereocenters. The summed E-state index contributed by atoms with van der Waals surface area (Å²) >= 11 is 0. The zero-order valence-electron chi connectivity index (χ0n) is 11.3. The fourth-order valence-electron chi connectivity index (χ4n) is 1.83. The minimum atomic E-state index is -0.587. The molecular weight excluding hydrogens is 272 g/mol. The second kappa shape index (κ2) is 6.00. The smallest absolute Gasteiger partial charge is 0.193 e. The monoisotopic (exact) mass is 286 g/mol. The van der Waals surface area contributed by atoms with Gasteiger partial charge in [0.25, 0.3) is 0 Å². The van der Waals surface area contributed by atoms with E-state index < -0.39 is 5.78 Å². The first-order valence-corrected chi connectivity index (χ1v) is 6.13. The van der Waals surface area contributed by atoms with E-state index in [0.717, 1.165) is 6.08 Å². The minimum Gasteiger partial charge on any atom is -0.507 e. The van der Waals surface area contributed by atoms with E-state index in [2.05, 4.69) is 0 Å². The van der Waals surface area contributed by atoms with Crippen LogP contribution in [0.25, 0.3) is 6.08 Å². The van der Waals surface area contributed by atoms with Gasteiger partial charge in [-0.3, -0.25) is 4.79 Å². The molecule has 21 heavy (non-hydrogen) atoms. The van der Waals surface area contributed by atoms with Crippen molar-refractivity contribution in [3.8, 4) is 23.0 Å². The first-order chi connectivity index (χ1) is 10.0. The number of ketones is 1. The Balaban J connectivity index is 2.31. The minimum absolute atomic E-state index is 0.0322. The Morgan fingerprint density at radius 1 is 1.05 bits per heavy atom. The van der Waals surface area contributed by atoms with Gasteiger partial charge in [-0.15, -0.1) is 0 Å². The number of aromatic hydroxyl groups is 3. The fourth-order valence-corrected chi connectivity index (χ4v) is 1.83. The van der Waals surface area contributed by atoms with Crippen molar-refractivity contribution in [1.82, 2.24) is 0 Å². The Morgan fingerprint density at radius 3 is 2.24 bits per heavy atom. The average Bonchev–Trinajstić information content (AvgIpc) is 2.45. The van der Waals surface area contributed by atoms with Gasteiger partial charge in [-0.05, 0) is 18.2 Å². The number of carbonyl (C=O) groups is 1. The van der Waals surface area contributed by atoms with Crippen LogP contribution in [0.15, 0.2) is 42.5 Å². The van der Waals surface area contributed by atoms with E-state index in [1.165, 1.54) is 31.4 Å². The number of phenolic OH excluding ortho intramolecular Hbond substituents is 3. The number of ether oxygens (including phenoxy) is 1. The van der Waals surface area contributed by atoms with Crippen molar-refractivity contribution in [3.63, 3.8) is 0 Å². The summed E-state index contributed by atoms with van der Waals surface area (Å²) < 4.78 is 4.87. The number of allylic oxidation sites excluding steroid dienone is 1. The zero-order chi connectivity index (χ0) is 15.4. The Hall–Kier alpha value is -2.95. The molecule has 2 aromatic rings. The number of benzene rings is 2. The molecule has 0 amide bonds. The highest BCUT2D eigenvalue weighted by Gasteiger charge is 2.16. The topological polar surface area (TPSA) is 87.0 Å². The molecule has 0 aliphatic carbocycles. The van der Waals surface area contributed by atoms with Crippen LogP contribution in [0.3, 0.4) is 0 Å². The number of rotatable bonds is 4. The van der Waals surface area contributed by atoms with Crippen molar-refractivity contribution in [2.75, 3.05) is 7.11 Å². The van der Waals surface area contributed by atoms with E-state index in [9.17, 15) is 20.1 Å². The van der Waals surface area contributed by atoms with Gasteiger partial charge in [0.2, 0.25) is 0 Å². The molecule has 2 rings (SSSR count). The molecule has 0 aliphatic heterocycles. The average molecular weight is 286 g/mol. The van der Waals surface area contributed by atoms with Crippen LogP contribution in [0.5, 0.6) is 23.0 Å². The molecule has 0 spiro atoms. The van der Waals surface area contributed by atoms with E-state index in [1.54, 1.807) is 18.2 Å². The molecule has 0 radical (unpaired) electrons. The lowest BCUT2D eigenvalue weighted by atomic mass is 10.1. The van der Waals surface area contributed by atoms with Crippen molar-refractivity contribution in [2.24, 2.45) is 0 Å². The van der Waals surface area contributed by atoms with Crippen LogP contribution in [-0.2, 0) is 0 Å². The molecule has 0 unspecified atom stereocenters. The van der Waals surface area contributed by atoms with Gasteiger partial charge in [0.05, 0.1) is 7.11 Å². The van der Waals surface area contributed by atoms with Gasteiger partial charge in [-0.2, -0.15) is 0 Å². The van der Waals surface area contributed by atoms with Crippen molar-refractivity contribution < 1.29 is 24.9 Å². The van der Waals surface area contributed by atoms with Gasteiger partial charge in [-0.1, -0.05) is 18.2 Å². The van der Waals surface area contributed by atoms with Crippen LogP contribution in [-0.4, -0.2) is 28.2 Å². The third-order valence-corrected chi connectivity index (χ3v) is 2.90. The second-order valence-corrected chi connectivity index (χ2v) is 4.30. The van der Waals surface area contributed by atoms with E-state index >= 15 is 0 Å². The number of methoxy groups -OCH3 is 1. The van der Waals surface area contributed by atoms with E-state index in [1.807, 2.05) is 0 Å². The summed E-state index contributed by atoms with van der Waals surface area (Å²) in [6, 6.07) is 8.97. The molecule has 0 heterocycles. The quantitative estimate of drug-likeness (QED) is 0.594. The van der Waals surface area contributed by atoms with Gasteiger partial charge in [-0.25, -0.2) is 0 Å². The molecule has 0 bridgehead atoms. The van der Waals surface area contributed by atoms with E-state index in [0.29, 0.717) is 5.56 Å². The summed E-state index contributed by atoms with van der Waals surface area (Å²) in [5, 5.41) is 29.2.